The summed E-state index contributed by atoms with van der Waals surface area (Å²) in [5, 5.41) is 1.07. The van der Waals surface area contributed by atoms with Crippen LogP contribution in [0.4, 0.5) is 0 Å². The van der Waals surface area contributed by atoms with Crippen LogP contribution in [0.25, 0.3) is 0 Å². The summed E-state index contributed by atoms with van der Waals surface area (Å²) in [5.74, 6) is 0. The molecule has 1 fully saturated rings. The Morgan fingerprint density at radius 1 is 1.18 bits per heavy atom. The molecule has 0 heterocycles. The maximum absolute atomic E-state index is 5.69. The highest BCUT2D eigenvalue weighted by Gasteiger charge is 2.12. The van der Waals surface area contributed by atoms with Gasteiger partial charge in [0.1, 0.15) is 0 Å². The van der Waals surface area contributed by atoms with Gasteiger partial charge < -0.3 is 4.74 Å². The lowest BCUT2D eigenvalue weighted by Crippen LogP contribution is -2.17. The van der Waals surface area contributed by atoms with Crippen LogP contribution < -0.4 is 0 Å². The van der Waals surface area contributed by atoms with Gasteiger partial charge in [0, 0.05) is 11.9 Å². The van der Waals surface area contributed by atoms with Gasteiger partial charge in [0.15, 0.2) is 0 Å². The molecular formula is C9H17BrO. The van der Waals surface area contributed by atoms with Gasteiger partial charge >= 0.3 is 0 Å². The number of hydrogen-bond donors (Lipinski definition) is 0. The predicted octanol–water partition coefficient (Wildman–Crippen LogP) is 3.12. The maximum atomic E-state index is 5.69. The predicted molar refractivity (Wildman–Crippen MR) is 51.2 cm³/mol. The van der Waals surface area contributed by atoms with Gasteiger partial charge in [-0.1, -0.05) is 35.2 Å². The van der Waals surface area contributed by atoms with E-state index in [0.717, 1.165) is 18.4 Å². The van der Waals surface area contributed by atoms with Crippen LogP contribution in [0.1, 0.15) is 38.5 Å². The molecule has 0 N–H and O–H groups in total. The summed E-state index contributed by atoms with van der Waals surface area (Å²) in [6.07, 6.45) is 8.49. The lowest BCUT2D eigenvalue weighted by Gasteiger charge is -2.21. The standard InChI is InChI=1S/C9H17BrO/c10-7-4-8-11-9-5-2-1-3-6-9/h9H,1-8H2. The van der Waals surface area contributed by atoms with Gasteiger partial charge in [-0.3, -0.25) is 0 Å². The van der Waals surface area contributed by atoms with Gasteiger partial charge in [0.2, 0.25) is 0 Å². The fraction of sp³-hybridized carbons (Fsp3) is 1.00. The molecule has 1 nitrogen and oxygen atoms in total. The summed E-state index contributed by atoms with van der Waals surface area (Å²) in [4.78, 5) is 0. The molecule has 1 saturated carbocycles. The first-order valence-electron chi connectivity index (χ1n) is 4.61. The van der Waals surface area contributed by atoms with Crippen LogP contribution in [0, 0.1) is 0 Å². The summed E-state index contributed by atoms with van der Waals surface area (Å²) in [6.45, 7) is 0.940. The van der Waals surface area contributed by atoms with Crippen molar-refractivity contribution in [3.8, 4) is 0 Å². The molecule has 1 rings (SSSR count). The zero-order chi connectivity index (χ0) is 7.94. The average molecular weight is 221 g/mol. The van der Waals surface area contributed by atoms with Crippen molar-refractivity contribution in [2.24, 2.45) is 0 Å². The van der Waals surface area contributed by atoms with Crippen molar-refractivity contribution in [2.75, 3.05) is 11.9 Å². The van der Waals surface area contributed by atoms with E-state index in [1.54, 1.807) is 0 Å². The third-order valence-corrected chi connectivity index (χ3v) is 2.74. The van der Waals surface area contributed by atoms with Crippen LogP contribution in [0.2, 0.25) is 0 Å². The highest BCUT2D eigenvalue weighted by atomic mass is 79.9. The first kappa shape index (κ1) is 9.53. The van der Waals surface area contributed by atoms with Crippen molar-refractivity contribution in [1.82, 2.24) is 0 Å². The van der Waals surface area contributed by atoms with Gasteiger partial charge in [0.05, 0.1) is 6.10 Å². The van der Waals surface area contributed by atoms with Crippen LogP contribution >= 0.6 is 15.9 Å². The average Bonchev–Trinajstić information content (AvgIpc) is 2.07. The molecule has 0 atom stereocenters. The van der Waals surface area contributed by atoms with Crippen molar-refractivity contribution < 1.29 is 4.74 Å². The quantitative estimate of drug-likeness (QED) is 0.523. The summed E-state index contributed by atoms with van der Waals surface area (Å²) >= 11 is 3.39. The first-order valence-corrected chi connectivity index (χ1v) is 5.73. The molecule has 0 spiro atoms. The smallest absolute Gasteiger partial charge is 0.0575 e. The molecule has 0 radical (unpaired) electrons. The Bertz CT molecular complexity index is 89.6. The Balaban J connectivity index is 1.96. The fourth-order valence-electron chi connectivity index (χ4n) is 1.54. The SMILES string of the molecule is BrCCCOC1CCCCC1. The lowest BCUT2D eigenvalue weighted by molar-refractivity contribution is 0.0294. The largest absolute Gasteiger partial charge is 0.378 e. The van der Waals surface area contributed by atoms with Gasteiger partial charge in [-0.05, 0) is 19.3 Å². The van der Waals surface area contributed by atoms with E-state index >= 15 is 0 Å². The molecule has 0 unspecified atom stereocenters. The van der Waals surface area contributed by atoms with Gasteiger partial charge in [-0.2, -0.15) is 0 Å². The lowest BCUT2D eigenvalue weighted by atomic mass is 9.98. The number of hydrogen-bond acceptors (Lipinski definition) is 1. The zero-order valence-corrected chi connectivity index (χ0v) is 8.61. The van der Waals surface area contributed by atoms with E-state index in [-0.39, 0.29) is 0 Å². The monoisotopic (exact) mass is 220 g/mol. The molecule has 0 amide bonds. The minimum absolute atomic E-state index is 0.586. The minimum atomic E-state index is 0.586. The van der Waals surface area contributed by atoms with Gasteiger partial charge in [0.25, 0.3) is 0 Å². The molecule has 0 saturated heterocycles. The molecule has 0 aromatic heterocycles. The maximum Gasteiger partial charge on any atom is 0.0575 e. The minimum Gasteiger partial charge on any atom is -0.378 e. The normalized spacial score (nSPS) is 20.5. The van der Waals surface area contributed by atoms with E-state index in [9.17, 15) is 0 Å². The molecule has 1 aliphatic carbocycles. The first-order chi connectivity index (χ1) is 5.43. The second-order valence-corrected chi connectivity index (χ2v) is 3.97. The second kappa shape index (κ2) is 6.01. The van der Waals surface area contributed by atoms with Crippen LogP contribution in [-0.2, 0) is 4.74 Å². The Morgan fingerprint density at radius 2 is 1.91 bits per heavy atom. The van der Waals surface area contributed by atoms with E-state index in [1.807, 2.05) is 0 Å². The van der Waals surface area contributed by atoms with Gasteiger partial charge in [-0.15, -0.1) is 0 Å². The molecule has 0 aliphatic heterocycles. The number of ether oxygens (including phenoxy) is 1. The Hall–Kier alpha value is 0.440. The molecular weight excluding hydrogens is 204 g/mol. The van der Waals surface area contributed by atoms with Crippen molar-refractivity contribution >= 4 is 15.9 Å². The Kier molecular flexibility index (Phi) is 5.21. The highest BCUT2D eigenvalue weighted by Crippen LogP contribution is 2.20. The van der Waals surface area contributed by atoms with Crippen molar-refractivity contribution in [3.63, 3.8) is 0 Å². The molecule has 66 valence electrons. The third kappa shape index (κ3) is 4.12. The van der Waals surface area contributed by atoms with Gasteiger partial charge in [-0.25, -0.2) is 0 Å². The number of alkyl halides is 1. The molecule has 0 bridgehead atoms. The summed E-state index contributed by atoms with van der Waals surface area (Å²) in [7, 11) is 0. The highest BCUT2D eigenvalue weighted by molar-refractivity contribution is 9.09. The molecule has 0 aromatic rings. The fourth-order valence-corrected chi connectivity index (χ4v) is 1.77. The van der Waals surface area contributed by atoms with Crippen LogP contribution in [0.3, 0.4) is 0 Å². The summed E-state index contributed by atoms with van der Waals surface area (Å²) in [5.41, 5.74) is 0. The van der Waals surface area contributed by atoms with Crippen LogP contribution in [0.5, 0.6) is 0 Å². The number of rotatable bonds is 4. The van der Waals surface area contributed by atoms with Crippen LogP contribution in [0.15, 0.2) is 0 Å². The van der Waals surface area contributed by atoms with Crippen molar-refractivity contribution in [2.45, 2.75) is 44.6 Å². The topological polar surface area (TPSA) is 9.23 Å². The Morgan fingerprint density at radius 3 is 2.55 bits per heavy atom. The second-order valence-electron chi connectivity index (χ2n) is 3.17. The Labute approximate surface area is 77.6 Å². The van der Waals surface area contributed by atoms with Crippen LogP contribution in [-0.4, -0.2) is 18.0 Å². The van der Waals surface area contributed by atoms with E-state index in [4.69, 9.17) is 4.74 Å². The molecule has 11 heavy (non-hydrogen) atoms. The van der Waals surface area contributed by atoms with Crippen molar-refractivity contribution in [3.05, 3.63) is 0 Å². The molecule has 2 heteroatoms. The zero-order valence-electron chi connectivity index (χ0n) is 7.02. The summed E-state index contributed by atoms with van der Waals surface area (Å²) < 4.78 is 5.69. The van der Waals surface area contributed by atoms with E-state index in [2.05, 4.69) is 15.9 Å². The number of halogens is 1. The third-order valence-electron chi connectivity index (χ3n) is 2.18. The summed E-state index contributed by atoms with van der Waals surface area (Å²) in [6, 6.07) is 0. The molecule has 0 aromatic carbocycles. The van der Waals surface area contributed by atoms with E-state index in [1.165, 1.54) is 32.1 Å². The van der Waals surface area contributed by atoms with Crippen molar-refractivity contribution in [1.29, 1.82) is 0 Å². The van der Waals surface area contributed by atoms with E-state index in [0.29, 0.717) is 6.10 Å². The molecule has 1 aliphatic rings. The van der Waals surface area contributed by atoms with E-state index < -0.39 is 0 Å².